The largest absolute Gasteiger partial charge is 0.325 e. The lowest BCUT2D eigenvalue weighted by Crippen LogP contribution is -2.49. The molecule has 1 N–H and O–H groups in total. The summed E-state index contributed by atoms with van der Waals surface area (Å²) >= 11 is 1.76. The van der Waals surface area contributed by atoms with Gasteiger partial charge < -0.3 is 10.2 Å². The van der Waals surface area contributed by atoms with Gasteiger partial charge in [-0.1, -0.05) is 38.3 Å². The van der Waals surface area contributed by atoms with E-state index in [2.05, 4.69) is 12.2 Å². The van der Waals surface area contributed by atoms with E-state index in [4.69, 9.17) is 0 Å². The van der Waals surface area contributed by atoms with Crippen LogP contribution in [0.4, 0.5) is 10.5 Å². The molecule has 2 aliphatic heterocycles. The molecule has 1 atom stereocenters. The van der Waals surface area contributed by atoms with Crippen molar-refractivity contribution in [2.45, 2.75) is 61.1 Å². The number of hydrogen-bond donors (Lipinski definition) is 1. The van der Waals surface area contributed by atoms with Crippen LogP contribution in [0.1, 0.15) is 45.4 Å². The average Bonchev–Trinajstić information content (AvgIpc) is 2.80. The fourth-order valence-electron chi connectivity index (χ4n) is 4.28. The molecular weight excluding hydrogens is 362 g/mol. The third-order valence-electron chi connectivity index (χ3n) is 5.79. The predicted octanol–water partition coefficient (Wildman–Crippen LogP) is 3.16. The number of benzene rings is 1. The highest BCUT2D eigenvalue weighted by Crippen LogP contribution is 2.38. The average molecular weight is 388 g/mol. The Morgan fingerprint density at radius 1 is 1.22 bits per heavy atom. The highest BCUT2D eigenvalue weighted by Gasteiger charge is 2.51. The molecular formula is C20H25N3O3S. The number of nitrogens with one attached hydrogen (secondary N) is 1. The first-order chi connectivity index (χ1) is 13.0. The summed E-state index contributed by atoms with van der Waals surface area (Å²) in [7, 11) is 0. The highest BCUT2D eigenvalue weighted by molar-refractivity contribution is 8.00. The zero-order valence-electron chi connectivity index (χ0n) is 15.6. The second-order valence-corrected chi connectivity index (χ2v) is 9.17. The Morgan fingerprint density at radius 3 is 2.74 bits per heavy atom. The van der Waals surface area contributed by atoms with E-state index in [0.717, 1.165) is 41.2 Å². The third-order valence-corrected chi connectivity index (χ3v) is 7.03. The normalized spacial score (nSPS) is 24.6. The summed E-state index contributed by atoms with van der Waals surface area (Å²) in [6.07, 6.45) is 5.16. The van der Waals surface area contributed by atoms with E-state index < -0.39 is 11.6 Å². The number of carbonyl (C=O) groups excluding carboxylic acids is 3. The molecule has 0 aromatic heterocycles. The van der Waals surface area contributed by atoms with E-state index in [9.17, 15) is 14.4 Å². The van der Waals surface area contributed by atoms with Crippen LogP contribution in [0, 0.1) is 0 Å². The van der Waals surface area contributed by atoms with Gasteiger partial charge in [-0.3, -0.25) is 14.5 Å². The molecule has 0 radical (unpaired) electrons. The first-order valence-corrected chi connectivity index (χ1v) is 10.6. The van der Waals surface area contributed by atoms with Gasteiger partial charge in [-0.05, 0) is 31.4 Å². The summed E-state index contributed by atoms with van der Waals surface area (Å²) in [5, 5.41) is 3.29. The Morgan fingerprint density at radius 2 is 1.96 bits per heavy atom. The summed E-state index contributed by atoms with van der Waals surface area (Å²) in [6.45, 7) is 2.55. The molecule has 144 valence electrons. The first kappa shape index (κ1) is 18.3. The second-order valence-electron chi connectivity index (χ2n) is 7.69. The van der Waals surface area contributed by atoms with Crippen molar-refractivity contribution in [1.29, 1.82) is 0 Å². The number of rotatable bonds is 2. The molecule has 1 saturated carbocycles. The Kier molecular flexibility index (Phi) is 4.88. The van der Waals surface area contributed by atoms with Crippen molar-refractivity contribution in [2.24, 2.45) is 0 Å². The first-order valence-electron chi connectivity index (χ1n) is 9.70. The zero-order valence-corrected chi connectivity index (χ0v) is 16.4. The minimum absolute atomic E-state index is 0.195. The number of carbonyl (C=O) groups is 3. The van der Waals surface area contributed by atoms with Crippen LogP contribution in [-0.4, -0.2) is 46.6 Å². The minimum Gasteiger partial charge on any atom is -0.323 e. The van der Waals surface area contributed by atoms with Gasteiger partial charge >= 0.3 is 6.03 Å². The number of nitrogens with zero attached hydrogens (tertiary/aromatic N) is 2. The second kappa shape index (κ2) is 7.19. The van der Waals surface area contributed by atoms with Crippen LogP contribution in [-0.2, 0) is 9.59 Å². The predicted molar refractivity (Wildman–Crippen MR) is 105 cm³/mol. The maximum absolute atomic E-state index is 13.1. The molecule has 2 heterocycles. The number of urea groups is 1. The monoisotopic (exact) mass is 387 g/mol. The fraction of sp³-hybridized carbons (Fsp3) is 0.550. The smallest absolute Gasteiger partial charge is 0.323 e. The number of fused-ring (bicyclic) bond motifs is 1. The molecule has 27 heavy (non-hydrogen) atoms. The SMILES string of the molecule is C[C@H]1CCN(C(=O)CN2C(=O)NC3(CCCCC3)C2=O)c2ccccc2S1. The van der Waals surface area contributed by atoms with Gasteiger partial charge in [0.05, 0.1) is 5.69 Å². The van der Waals surface area contributed by atoms with E-state index in [1.807, 2.05) is 24.3 Å². The Labute approximate surface area is 163 Å². The zero-order chi connectivity index (χ0) is 19.0. The number of thioether (sulfide) groups is 1. The van der Waals surface area contributed by atoms with E-state index in [0.29, 0.717) is 24.6 Å². The lowest BCUT2D eigenvalue weighted by Gasteiger charge is -2.30. The lowest BCUT2D eigenvalue weighted by molar-refractivity contribution is -0.135. The van der Waals surface area contributed by atoms with Crippen LogP contribution in [0.15, 0.2) is 29.2 Å². The fourth-order valence-corrected chi connectivity index (χ4v) is 5.39. The molecule has 0 unspecified atom stereocenters. The number of amides is 4. The van der Waals surface area contributed by atoms with Gasteiger partial charge in [-0.25, -0.2) is 4.79 Å². The maximum Gasteiger partial charge on any atom is 0.325 e. The minimum atomic E-state index is -0.781. The van der Waals surface area contributed by atoms with Crippen molar-refractivity contribution >= 4 is 35.3 Å². The Balaban J connectivity index is 1.54. The molecule has 6 nitrogen and oxygen atoms in total. The van der Waals surface area contributed by atoms with Crippen molar-refractivity contribution in [3.63, 3.8) is 0 Å². The molecule has 1 aromatic carbocycles. The van der Waals surface area contributed by atoms with Crippen LogP contribution in [0.2, 0.25) is 0 Å². The number of hydrogen-bond acceptors (Lipinski definition) is 4. The van der Waals surface area contributed by atoms with Crippen molar-refractivity contribution in [3.8, 4) is 0 Å². The molecule has 2 fully saturated rings. The van der Waals surface area contributed by atoms with Crippen LogP contribution >= 0.6 is 11.8 Å². The lowest BCUT2D eigenvalue weighted by atomic mass is 9.82. The van der Waals surface area contributed by atoms with Gasteiger partial charge in [0.1, 0.15) is 12.1 Å². The molecule has 1 aromatic rings. The van der Waals surface area contributed by atoms with Gasteiger partial charge in [0.2, 0.25) is 5.91 Å². The molecule has 3 aliphatic rings. The van der Waals surface area contributed by atoms with Gasteiger partial charge in [-0.15, -0.1) is 11.8 Å². The quantitative estimate of drug-likeness (QED) is 0.792. The molecule has 4 rings (SSSR count). The number of anilines is 1. The number of para-hydroxylation sites is 1. The van der Waals surface area contributed by atoms with E-state index in [1.54, 1.807) is 16.7 Å². The van der Waals surface area contributed by atoms with Crippen LogP contribution in [0.25, 0.3) is 0 Å². The Bertz CT molecular complexity index is 775. The number of imide groups is 1. The van der Waals surface area contributed by atoms with E-state index in [-0.39, 0.29) is 18.4 Å². The summed E-state index contributed by atoms with van der Waals surface area (Å²) in [5.74, 6) is -0.431. The highest BCUT2D eigenvalue weighted by atomic mass is 32.2. The topological polar surface area (TPSA) is 69.7 Å². The summed E-state index contributed by atoms with van der Waals surface area (Å²) in [6, 6.07) is 7.41. The van der Waals surface area contributed by atoms with Gasteiger partial charge in [0, 0.05) is 16.7 Å². The maximum atomic E-state index is 13.1. The van der Waals surface area contributed by atoms with Crippen LogP contribution in [0.5, 0.6) is 0 Å². The third kappa shape index (κ3) is 3.33. The van der Waals surface area contributed by atoms with Gasteiger partial charge in [0.25, 0.3) is 5.91 Å². The molecule has 1 spiro atoms. The van der Waals surface area contributed by atoms with E-state index >= 15 is 0 Å². The molecule has 0 bridgehead atoms. The van der Waals surface area contributed by atoms with Crippen LogP contribution in [0.3, 0.4) is 0 Å². The van der Waals surface area contributed by atoms with Crippen molar-refractivity contribution in [1.82, 2.24) is 10.2 Å². The standard InChI is InChI=1S/C20H25N3O3S/c1-14-9-12-22(15-7-3-4-8-16(15)27-14)17(24)13-23-18(25)20(21-19(23)26)10-5-2-6-11-20/h3-4,7-8,14H,2,5-6,9-13H2,1H3,(H,21,26)/t14-/m0/s1. The van der Waals surface area contributed by atoms with Gasteiger partial charge in [0.15, 0.2) is 0 Å². The summed E-state index contributed by atoms with van der Waals surface area (Å²) in [4.78, 5) is 42.4. The summed E-state index contributed by atoms with van der Waals surface area (Å²) < 4.78 is 0. The summed E-state index contributed by atoms with van der Waals surface area (Å²) in [5.41, 5.74) is 0.0905. The van der Waals surface area contributed by atoms with Crippen molar-refractivity contribution in [2.75, 3.05) is 18.0 Å². The van der Waals surface area contributed by atoms with Crippen LogP contribution < -0.4 is 10.2 Å². The molecule has 1 aliphatic carbocycles. The Hall–Kier alpha value is -2.02. The molecule has 1 saturated heterocycles. The van der Waals surface area contributed by atoms with Crippen molar-refractivity contribution in [3.05, 3.63) is 24.3 Å². The molecule has 7 heteroatoms. The van der Waals surface area contributed by atoms with Gasteiger partial charge in [-0.2, -0.15) is 0 Å². The molecule has 4 amide bonds. The van der Waals surface area contributed by atoms with Crippen molar-refractivity contribution < 1.29 is 14.4 Å². The van der Waals surface area contributed by atoms with E-state index in [1.165, 1.54) is 0 Å².